The number of carbonyl (C=O) groups is 1. The fourth-order valence-corrected chi connectivity index (χ4v) is 1.74. The van der Waals surface area contributed by atoms with E-state index in [1.165, 1.54) is 11.3 Å². The maximum atomic E-state index is 11.5. The summed E-state index contributed by atoms with van der Waals surface area (Å²) in [5.41, 5.74) is 1.00. The Labute approximate surface area is 81.8 Å². The first-order chi connectivity index (χ1) is 6.15. The fraction of sp³-hybridized carbons (Fsp3) is 0.300. The van der Waals surface area contributed by atoms with Gasteiger partial charge in [0.25, 0.3) is 0 Å². The maximum Gasteiger partial charge on any atom is 0.199 e. The highest BCUT2D eigenvalue weighted by atomic mass is 32.1. The van der Waals surface area contributed by atoms with Gasteiger partial charge in [0, 0.05) is 0 Å². The average molecular weight is 196 g/mol. The van der Waals surface area contributed by atoms with Crippen LogP contribution < -0.4 is 4.74 Å². The zero-order valence-corrected chi connectivity index (χ0v) is 8.77. The lowest BCUT2D eigenvalue weighted by Crippen LogP contribution is -1.94. The number of allylic oxidation sites excluding steroid dienone is 2. The van der Waals surface area contributed by atoms with Gasteiger partial charge >= 0.3 is 0 Å². The predicted molar refractivity (Wildman–Crippen MR) is 54.6 cm³/mol. The molecule has 2 nitrogen and oxygen atoms in total. The van der Waals surface area contributed by atoms with Gasteiger partial charge in [-0.15, -0.1) is 11.3 Å². The van der Waals surface area contributed by atoms with Crippen molar-refractivity contribution in [3.63, 3.8) is 0 Å². The van der Waals surface area contributed by atoms with E-state index in [4.69, 9.17) is 4.74 Å². The molecule has 0 atom stereocenters. The van der Waals surface area contributed by atoms with Gasteiger partial charge < -0.3 is 4.74 Å². The summed E-state index contributed by atoms with van der Waals surface area (Å²) in [5, 5.41) is 1.85. The van der Waals surface area contributed by atoms with Gasteiger partial charge in [-0.05, 0) is 31.4 Å². The largest absolute Gasteiger partial charge is 0.495 e. The van der Waals surface area contributed by atoms with E-state index in [1.807, 2.05) is 19.2 Å². The van der Waals surface area contributed by atoms with Crippen molar-refractivity contribution >= 4 is 17.1 Å². The van der Waals surface area contributed by atoms with Crippen molar-refractivity contribution in [3.05, 3.63) is 28.0 Å². The van der Waals surface area contributed by atoms with Crippen molar-refractivity contribution < 1.29 is 9.53 Å². The van der Waals surface area contributed by atoms with E-state index < -0.39 is 0 Å². The number of thiophene rings is 1. The molecule has 0 aliphatic carbocycles. The van der Waals surface area contributed by atoms with Crippen LogP contribution in [0.15, 0.2) is 23.1 Å². The van der Waals surface area contributed by atoms with Crippen LogP contribution in [0.1, 0.15) is 23.5 Å². The van der Waals surface area contributed by atoms with Crippen molar-refractivity contribution in [2.24, 2.45) is 0 Å². The third-order valence-electron chi connectivity index (χ3n) is 1.49. The smallest absolute Gasteiger partial charge is 0.199 e. The monoisotopic (exact) mass is 196 g/mol. The predicted octanol–water partition coefficient (Wildman–Crippen LogP) is 2.91. The summed E-state index contributed by atoms with van der Waals surface area (Å²) in [6.07, 6.45) is 1.62. The van der Waals surface area contributed by atoms with Crippen molar-refractivity contribution in [3.8, 4) is 5.75 Å². The van der Waals surface area contributed by atoms with Gasteiger partial charge in [-0.3, -0.25) is 4.79 Å². The van der Waals surface area contributed by atoms with E-state index in [2.05, 4.69) is 0 Å². The van der Waals surface area contributed by atoms with E-state index in [-0.39, 0.29) is 5.78 Å². The normalized spacial score (nSPS) is 9.46. The SMILES string of the molecule is COc1ccsc1C(=O)C=C(C)C. The quantitative estimate of drug-likeness (QED) is 0.549. The minimum absolute atomic E-state index is 0.0202. The van der Waals surface area contributed by atoms with Gasteiger partial charge in [0.2, 0.25) is 0 Å². The number of hydrogen-bond acceptors (Lipinski definition) is 3. The standard InChI is InChI=1S/C10H12O2S/c1-7(2)6-8(11)10-9(12-3)4-5-13-10/h4-6H,1-3H3. The minimum atomic E-state index is 0.0202. The molecule has 70 valence electrons. The summed E-state index contributed by atoms with van der Waals surface area (Å²) >= 11 is 1.41. The Morgan fingerprint density at radius 2 is 2.23 bits per heavy atom. The molecule has 0 fully saturated rings. The van der Waals surface area contributed by atoms with Gasteiger partial charge in [-0.25, -0.2) is 0 Å². The molecule has 0 radical (unpaired) electrons. The summed E-state index contributed by atoms with van der Waals surface area (Å²) in [5.74, 6) is 0.680. The summed E-state index contributed by atoms with van der Waals surface area (Å²) in [6.45, 7) is 3.80. The number of ketones is 1. The van der Waals surface area contributed by atoms with E-state index in [0.29, 0.717) is 10.6 Å². The first-order valence-electron chi connectivity index (χ1n) is 3.96. The third kappa shape index (κ3) is 2.42. The molecule has 0 saturated heterocycles. The first-order valence-corrected chi connectivity index (χ1v) is 4.84. The van der Waals surface area contributed by atoms with Crippen molar-refractivity contribution in [2.75, 3.05) is 7.11 Å². The molecular weight excluding hydrogens is 184 g/mol. The average Bonchev–Trinajstić information content (AvgIpc) is 2.49. The molecule has 0 unspecified atom stereocenters. The fourth-order valence-electron chi connectivity index (χ4n) is 0.966. The van der Waals surface area contributed by atoms with Gasteiger partial charge in [0.15, 0.2) is 5.78 Å². The van der Waals surface area contributed by atoms with Crippen LogP contribution in [0.3, 0.4) is 0 Å². The second-order valence-electron chi connectivity index (χ2n) is 2.90. The molecule has 0 aromatic carbocycles. The van der Waals surface area contributed by atoms with Crippen LogP contribution >= 0.6 is 11.3 Å². The van der Waals surface area contributed by atoms with Gasteiger partial charge in [0.05, 0.1) is 7.11 Å². The molecule has 0 aliphatic rings. The lowest BCUT2D eigenvalue weighted by molar-refractivity contribution is 0.104. The number of hydrogen-bond donors (Lipinski definition) is 0. The molecule has 0 aliphatic heterocycles. The third-order valence-corrected chi connectivity index (χ3v) is 2.40. The molecule has 1 heterocycles. The Balaban J connectivity index is 2.95. The van der Waals surface area contributed by atoms with Crippen molar-refractivity contribution in [1.82, 2.24) is 0 Å². The Kier molecular flexibility index (Phi) is 3.25. The topological polar surface area (TPSA) is 26.3 Å². The Morgan fingerprint density at radius 1 is 1.54 bits per heavy atom. The highest BCUT2D eigenvalue weighted by Gasteiger charge is 2.10. The van der Waals surface area contributed by atoms with Crippen molar-refractivity contribution in [1.29, 1.82) is 0 Å². The Morgan fingerprint density at radius 3 is 2.77 bits per heavy atom. The molecule has 13 heavy (non-hydrogen) atoms. The van der Waals surface area contributed by atoms with Crippen LogP contribution in [-0.4, -0.2) is 12.9 Å². The number of carbonyl (C=O) groups excluding carboxylic acids is 1. The molecule has 0 N–H and O–H groups in total. The van der Waals surface area contributed by atoms with E-state index in [9.17, 15) is 4.79 Å². The molecule has 0 bridgehead atoms. The van der Waals surface area contributed by atoms with Crippen LogP contribution in [0.4, 0.5) is 0 Å². The summed E-state index contributed by atoms with van der Waals surface area (Å²) in [6, 6.07) is 1.80. The highest BCUT2D eigenvalue weighted by Crippen LogP contribution is 2.25. The molecule has 1 aromatic heterocycles. The number of methoxy groups -OCH3 is 1. The Hall–Kier alpha value is -1.09. The van der Waals surface area contributed by atoms with E-state index in [1.54, 1.807) is 19.3 Å². The Bertz CT molecular complexity index is 332. The molecule has 3 heteroatoms. The van der Waals surface area contributed by atoms with Crippen LogP contribution in [0.2, 0.25) is 0 Å². The van der Waals surface area contributed by atoms with Crippen LogP contribution in [0, 0.1) is 0 Å². The molecule has 1 aromatic rings. The molecular formula is C10H12O2S. The highest BCUT2D eigenvalue weighted by molar-refractivity contribution is 7.12. The first kappa shape index (κ1) is 9.99. The summed E-state index contributed by atoms with van der Waals surface area (Å²) in [4.78, 5) is 12.2. The maximum absolute atomic E-state index is 11.5. The molecule has 0 spiro atoms. The van der Waals surface area contributed by atoms with Crippen LogP contribution in [0.25, 0.3) is 0 Å². The van der Waals surface area contributed by atoms with Crippen molar-refractivity contribution in [2.45, 2.75) is 13.8 Å². The summed E-state index contributed by atoms with van der Waals surface area (Å²) < 4.78 is 5.05. The van der Waals surface area contributed by atoms with E-state index in [0.717, 1.165) is 5.57 Å². The lowest BCUT2D eigenvalue weighted by Gasteiger charge is -1.97. The zero-order valence-electron chi connectivity index (χ0n) is 7.96. The second kappa shape index (κ2) is 4.23. The number of rotatable bonds is 3. The minimum Gasteiger partial charge on any atom is -0.495 e. The van der Waals surface area contributed by atoms with E-state index >= 15 is 0 Å². The zero-order chi connectivity index (χ0) is 9.84. The summed E-state index contributed by atoms with van der Waals surface area (Å²) in [7, 11) is 1.57. The van der Waals surface area contributed by atoms with Gasteiger partial charge in [-0.2, -0.15) is 0 Å². The van der Waals surface area contributed by atoms with Crippen LogP contribution in [-0.2, 0) is 0 Å². The number of ether oxygens (including phenoxy) is 1. The van der Waals surface area contributed by atoms with Crippen LogP contribution in [0.5, 0.6) is 5.75 Å². The van der Waals surface area contributed by atoms with Gasteiger partial charge in [-0.1, -0.05) is 5.57 Å². The lowest BCUT2D eigenvalue weighted by atomic mass is 10.2. The second-order valence-corrected chi connectivity index (χ2v) is 3.82. The molecule has 0 saturated carbocycles. The molecule has 1 rings (SSSR count). The van der Waals surface area contributed by atoms with Gasteiger partial charge in [0.1, 0.15) is 10.6 Å². The molecule has 0 amide bonds.